The van der Waals surface area contributed by atoms with Crippen molar-refractivity contribution in [3.8, 4) is 0 Å². The highest BCUT2D eigenvalue weighted by Gasteiger charge is 2.36. The summed E-state index contributed by atoms with van der Waals surface area (Å²) in [5.74, 6) is 0. The number of benzene rings is 1. The van der Waals surface area contributed by atoms with Crippen LogP contribution in [-0.4, -0.2) is 39.7 Å². The number of piperidine rings is 1. The van der Waals surface area contributed by atoms with Gasteiger partial charge in [0.15, 0.2) is 5.13 Å². The predicted octanol–water partition coefficient (Wildman–Crippen LogP) is 4.27. The third-order valence-corrected chi connectivity index (χ3v) is 5.63. The van der Waals surface area contributed by atoms with Crippen LogP contribution in [-0.2, 0) is 6.42 Å². The molecule has 1 saturated heterocycles. The standard InChI is InChI=1S/C19H19FN4OS/c20-19(13-14-5-3-4-10-21-14)8-11-24(12-9-19)18(25)23-17-22-15-6-1-2-7-16(15)26-17/h1-7,10H,8-9,11-13H2,(H,22,23,25). The summed E-state index contributed by atoms with van der Waals surface area (Å²) >= 11 is 1.44. The Kier molecular flexibility index (Phi) is 4.55. The van der Waals surface area contributed by atoms with Crippen LogP contribution in [0.15, 0.2) is 48.7 Å². The van der Waals surface area contributed by atoms with Crippen molar-refractivity contribution >= 4 is 32.7 Å². The first kappa shape index (κ1) is 16.9. The van der Waals surface area contributed by atoms with Crippen molar-refractivity contribution in [1.82, 2.24) is 14.9 Å². The molecule has 3 aromatic rings. The summed E-state index contributed by atoms with van der Waals surface area (Å²) in [6.45, 7) is 0.778. The highest BCUT2D eigenvalue weighted by molar-refractivity contribution is 7.22. The van der Waals surface area contributed by atoms with E-state index in [0.29, 0.717) is 37.5 Å². The van der Waals surface area contributed by atoms with E-state index < -0.39 is 5.67 Å². The molecular weight excluding hydrogens is 351 g/mol. The molecule has 5 nitrogen and oxygen atoms in total. The zero-order valence-corrected chi connectivity index (χ0v) is 15.0. The van der Waals surface area contributed by atoms with Gasteiger partial charge in [0, 0.05) is 31.4 Å². The number of hydrogen-bond donors (Lipinski definition) is 1. The third-order valence-electron chi connectivity index (χ3n) is 4.68. The summed E-state index contributed by atoms with van der Waals surface area (Å²) in [7, 11) is 0. The second-order valence-electron chi connectivity index (χ2n) is 6.55. The summed E-state index contributed by atoms with van der Waals surface area (Å²) in [6.07, 6.45) is 2.61. The van der Waals surface area contributed by atoms with Gasteiger partial charge in [-0.3, -0.25) is 10.3 Å². The fourth-order valence-electron chi connectivity index (χ4n) is 3.21. The first-order valence-electron chi connectivity index (χ1n) is 8.62. The van der Waals surface area contributed by atoms with Crippen LogP contribution in [0.25, 0.3) is 10.2 Å². The van der Waals surface area contributed by atoms with E-state index in [-0.39, 0.29) is 6.03 Å². The van der Waals surface area contributed by atoms with E-state index in [1.807, 2.05) is 42.5 Å². The number of likely N-dealkylation sites (tertiary alicyclic amines) is 1. The first-order chi connectivity index (χ1) is 12.6. The molecule has 0 unspecified atom stereocenters. The molecule has 4 rings (SSSR count). The van der Waals surface area contributed by atoms with Gasteiger partial charge in [0.2, 0.25) is 0 Å². The molecule has 3 heterocycles. The average Bonchev–Trinajstić information content (AvgIpc) is 3.05. The number of thiazole rings is 1. The Morgan fingerprint density at radius 3 is 2.69 bits per heavy atom. The third kappa shape index (κ3) is 3.67. The van der Waals surface area contributed by atoms with E-state index in [4.69, 9.17) is 0 Å². The molecule has 1 N–H and O–H groups in total. The van der Waals surface area contributed by atoms with Gasteiger partial charge in [-0.1, -0.05) is 29.5 Å². The molecule has 0 spiro atoms. The van der Waals surface area contributed by atoms with Crippen LogP contribution in [0.2, 0.25) is 0 Å². The molecule has 1 aliphatic heterocycles. The van der Waals surface area contributed by atoms with Crippen molar-refractivity contribution in [1.29, 1.82) is 0 Å². The number of nitrogens with zero attached hydrogens (tertiary/aromatic N) is 3. The number of alkyl halides is 1. The van der Waals surface area contributed by atoms with Crippen LogP contribution < -0.4 is 5.32 Å². The highest BCUT2D eigenvalue weighted by Crippen LogP contribution is 2.31. The molecule has 0 aliphatic carbocycles. The number of carbonyl (C=O) groups is 1. The average molecular weight is 370 g/mol. The van der Waals surface area contributed by atoms with Crippen molar-refractivity contribution in [2.24, 2.45) is 0 Å². The number of halogens is 1. The molecule has 1 aliphatic rings. The maximum Gasteiger partial charge on any atom is 0.323 e. The number of rotatable bonds is 3. The number of anilines is 1. The Labute approximate surface area is 154 Å². The SMILES string of the molecule is O=C(Nc1nc2ccccc2s1)N1CCC(F)(Cc2ccccn2)CC1. The van der Waals surface area contributed by atoms with Gasteiger partial charge in [-0.05, 0) is 37.1 Å². The zero-order valence-electron chi connectivity index (χ0n) is 14.2. The fourth-order valence-corrected chi connectivity index (χ4v) is 4.07. The smallest absolute Gasteiger partial charge is 0.323 e. The number of nitrogens with one attached hydrogen (secondary N) is 1. The Bertz CT molecular complexity index is 873. The lowest BCUT2D eigenvalue weighted by molar-refractivity contribution is 0.0736. The zero-order chi connectivity index (χ0) is 18.0. The molecule has 0 atom stereocenters. The summed E-state index contributed by atoms with van der Waals surface area (Å²) in [5.41, 5.74) is 0.313. The lowest BCUT2D eigenvalue weighted by atomic mass is 9.88. The van der Waals surface area contributed by atoms with Gasteiger partial charge < -0.3 is 4.90 Å². The molecule has 2 amide bonds. The second kappa shape index (κ2) is 6.99. The Morgan fingerprint density at radius 1 is 1.19 bits per heavy atom. The molecule has 7 heteroatoms. The highest BCUT2D eigenvalue weighted by atomic mass is 32.1. The van der Waals surface area contributed by atoms with E-state index in [2.05, 4.69) is 15.3 Å². The van der Waals surface area contributed by atoms with Crippen LogP contribution >= 0.6 is 11.3 Å². The van der Waals surface area contributed by atoms with Crippen molar-refractivity contribution in [2.45, 2.75) is 24.9 Å². The summed E-state index contributed by atoms with van der Waals surface area (Å²) in [5, 5.41) is 3.41. The van der Waals surface area contributed by atoms with Crippen LogP contribution in [0, 0.1) is 0 Å². The number of hydrogen-bond acceptors (Lipinski definition) is 4. The minimum absolute atomic E-state index is 0.219. The molecule has 0 bridgehead atoms. The normalized spacial score (nSPS) is 16.6. The number of fused-ring (bicyclic) bond motifs is 1. The van der Waals surface area contributed by atoms with Crippen LogP contribution in [0.4, 0.5) is 14.3 Å². The molecule has 2 aromatic heterocycles. The van der Waals surface area contributed by atoms with Gasteiger partial charge in [-0.2, -0.15) is 0 Å². The van der Waals surface area contributed by atoms with E-state index in [1.54, 1.807) is 11.1 Å². The van der Waals surface area contributed by atoms with Crippen molar-refractivity contribution in [3.05, 3.63) is 54.4 Å². The van der Waals surface area contributed by atoms with Gasteiger partial charge in [0.1, 0.15) is 5.67 Å². The molecule has 134 valence electrons. The Morgan fingerprint density at radius 2 is 1.96 bits per heavy atom. The van der Waals surface area contributed by atoms with Gasteiger partial charge in [-0.25, -0.2) is 14.2 Å². The topological polar surface area (TPSA) is 58.1 Å². The van der Waals surface area contributed by atoms with Crippen LogP contribution in [0.1, 0.15) is 18.5 Å². The lowest BCUT2D eigenvalue weighted by Gasteiger charge is -2.36. The van der Waals surface area contributed by atoms with E-state index in [0.717, 1.165) is 15.9 Å². The van der Waals surface area contributed by atoms with Crippen molar-refractivity contribution < 1.29 is 9.18 Å². The fraction of sp³-hybridized carbons (Fsp3) is 0.316. The predicted molar refractivity (Wildman–Crippen MR) is 101 cm³/mol. The number of carbonyl (C=O) groups excluding carboxylic acids is 1. The van der Waals surface area contributed by atoms with Gasteiger partial charge in [0.25, 0.3) is 0 Å². The van der Waals surface area contributed by atoms with Gasteiger partial charge in [-0.15, -0.1) is 0 Å². The van der Waals surface area contributed by atoms with Crippen molar-refractivity contribution in [2.75, 3.05) is 18.4 Å². The number of amides is 2. The second-order valence-corrected chi connectivity index (χ2v) is 7.58. The molecule has 0 radical (unpaired) electrons. The number of para-hydroxylation sites is 1. The largest absolute Gasteiger partial charge is 0.324 e. The quantitative estimate of drug-likeness (QED) is 0.749. The van der Waals surface area contributed by atoms with Gasteiger partial charge in [0.05, 0.1) is 10.2 Å². The summed E-state index contributed by atoms with van der Waals surface area (Å²) < 4.78 is 16.1. The number of aromatic nitrogens is 2. The Balaban J connectivity index is 1.35. The van der Waals surface area contributed by atoms with Crippen LogP contribution in [0.5, 0.6) is 0 Å². The molecule has 0 saturated carbocycles. The van der Waals surface area contributed by atoms with E-state index in [9.17, 15) is 4.79 Å². The van der Waals surface area contributed by atoms with E-state index in [1.165, 1.54) is 11.3 Å². The minimum Gasteiger partial charge on any atom is -0.324 e. The maximum absolute atomic E-state index is 15.1. The Hall–Kier alpha value is -2.54. The van der Waals surface area contributed by atoms with E-state index >= 15 is 4.39 Å². The molecule has 26 heavy (non-hydrogen) atoms. The lowest BCUT2D eigenvalue weighted by Crippen LogP contribution is -2.47. The molecule has 1 fully saturated rings. The maximum atomic E-state index is 15.1. The molecule has 1 aromatic carbocycles. The van der Waals surface area contributed by atoms with Crippen LogP contribution in [0.3, 0.4) is 0 Å². The minimum atomic E-state index is -1.30. The monoisotopic (exact) mass is 370 g/mol. The van der Waals surface area contributed by atoms with Gasteiger partial charge >= 0.3 is 6.03 Å². The summed E-state index contributed by atoms with van der Waals surface area (Å²) in [4.78, 5) is 22.7. The van der Waals surface area contributed by atoms with Crippen molar-refractivity contribution in [3.63, 3.8) is 0 Å². The summed E-state index contributed by atoms with van der Waals surface area (Å²) in [6, 6.07) is 13.1. The molecular formula is C19H19FN4OS. The number of urea groups is 1. The first-order valence-corrected chi connectivity index (χ1v) is 9.43. The number of pyridine rings is 1.